The van der Waals surface area contributed by atoms with E-state index in [1.165, 1.54) is 6.07 Å². The molecule has 1 heterocycles. The lowest BCUT2D eigenvalue weighted by Gasteiger charge is -2.08. The lowest BCUT2D eigenvalue weighted by Crippen LogP contribution is -2.14. The Morgan fingerprint density at radius 1 is 1.24 bits per heavy atom. The van der Waals surface area contributed by atoms with Crippen LogP contribution in [0.3, 0.4) is 0 Å². The summed E-state index contributed by atoms with van der Waals surface area (Å²) in [4.78, 5) is 19.0. The number of nitrogens with zero attached hydrogens (tertiary/aromatic N) is 1. The molecule has 106 valence electrons. The maximum atomic E-state index is 13.7. The summed E-state index contributed by atoms with van der Waals surface area (Å²) in [6.45, 7) is 0.235. The Morgan fingerprint density at radius 3 is 2.86 bits per heavy atom. The van der Waals surface area contributed by atoms with Gasteiger partial charge in [0.1, 0.15) is 11.6 Å². The van der Waals surface area contributed by atoms with Gasteiger partial charge in [0.05, 0.1) is 23.1 Å². The van der Waals surface area contributed by atoms with Crippen molar-refractivity contribution in [1.29, 1.82) is 0 Å². The summed E-state index contributed by atoms with van der Waals surface area (Å²) >= 11 is 3.20. The molecular formula is C15H11BrFN3O. The Bertz CT molecular complexity index is 863. The second kappa shape index (κ2) is 5.65. The highest BCUT2D eigenvalue weighted by Crippen LogP contribution is 2.19. The predicted octanol–water partition coefficient (Wildman–Crippen LogP) is 3.44. The Hall–Kier alpha value is -2.21. The van der Waals surface area contributed by atoms with E-state index in [4.69, 9.17) is 0 Å². The highest BCUT2D eigenvalue weighted by Gasteiger charge is 2.05. The van der Waals surface area contributed by atoms with Crippen molar-refractivity contribution in [2.45, 2.75) is 6.54 Å². The third-order valence-electron chi connectivity index (χ3n) is 3.04. The van der Waals surface area contributed by atoms with Crippen molar-refractivity contribution < 1.29 is 4.39 Å². The number of rotatable bonds is 3. The van der Waals surface area contributed by atoms with Crippen LogP contribution in [0, 0.1) is 5.82 Å². The van der Waals surface area contributed by atoms with Crippen LogP contribution in [0.4, 0.5) is 10.1 Å². The van der Waals surface area contributed by atoms with Crippen LogP contribution in [0.5, 0.6) is 0 Å². The van der Waals surface area contributed by atoms with Crippen molar-refractivity contribution >= 4 is 32.5 Å². The number of halogens is 2. The van der Waals surface area contributed by atoms with E-state index < -0.39 is 0 Å². The molecule has 0 bridgehead atoms. The fourth-order valence-electron chi connectivity index (χ4n) is 2.03. The standard InChI is InChI=1S/C15H11BrFN3O/c16-9-5-6-13(11(17)7-9)18-8-14-19-12-4-2-1-3-10(12)15(21)20-14/h1-7,18H,8H2,(H,19,20,21). The molecule has 0 saturated carbocycles. The molecule has 0 aliphatic heterocycles. The number of nitrogens with one attached hydrogen (secondary N) is 2. The molecule has 0 radical (unpaired) electrons. The van der Waals surface area contributed by atoms with E-state index in [1.54, 1.807) is 30.3 Å². The lowest BCUT2D eigenvalue weighted by molar-refractivity contribution is 0.629. The van der Waals surface area contributed by atoms with Crippen LogP contribution in [0.2, 0.25) is 0 Å². The van der Waals surface area contributed by atoms with E-state index in [9.17, 15) is 9.18 Å². The second-order valence-corrected chi connectivity index (χ2v) is 5.42. The van der Waals surface area contributed by atoms with Gasteiger partial charge in [0, 0.05) is 4.47 Å². The molecule has 3 aromatic rings. The lowest BCUT2D eigenvalue weighted by atomic mass is 10.2. The zero-order valence-electron chi connectivity index (χ0n) is 10.9. The molecule has 2 N–H and O–H groups in total. The zero-order chi connectivity index (χ0) is 14.8. The first kappa shape index (κ1) is 13.8. The summed E-state index contributed by atoms with van der Waals surface area (Å²) in [5.74, 6) is 0.0912. The first-order valence-electron chi connectivity index (χ1n) is 6.30. The van der Waals surface area contributed by atoms with Gasteiger partial charge in [-0.1, -0.05) is 28.1 Å². The molecule has 0 atom stereocenters. The molecule has 0 spiro atoms. The molecule has 0 fully saturated rings. The number of hydrogen-bond acceptors (Lipinski definition) is 3. The number of anilines is 1. The van der Waals surface area contributed by atoms with Crippen LogP contribution in [-0.2, 0) is 6.54 Å². The minimum Gasteiger partial charge on any atom is -0.375 e. The van der Waals surface area contributed by atoms with Crippen molar-refractivity contribution in [2.24, 2.45) is 0 Å². The fraction of sp³-hybridized carbons (Fsp3) is 0.0667. The predicted molar refractivity (Wildman–Crippen MR) is 83.8 cm³/mol. The number of hydrogen-bond donors (Lipinski definition) is 2. The van der Waals surface area contributed by atoms with Crippen molar-refractivity contribution in [1.82, 2.24) is 9.97 Å². The van der Waals surface area contributed by atoms with E-state index in [-0.39, 0.29) is 17.9 Å². The van der Waals surface area contributed by atoms with Crippen LogP contribution in [-0.4, -0.2) is 9.97 Å². The summed E-state index contributed by atoms with van der Waals surface area (Å²) in [6.07, 6.45) is 0. The average Bonchev–Trinajstić information content (AvgIpc) is 2.46. The van der Waals surface area contributed by atoms with Crippen LogP contribution in [0.15, 0.2) is 51.7 Å². The Morgan fingerprint density at radius 2 is 2.05 bits per heavy atom. The molecule has 2 aromatic carbocycles. The molecular weight excluding hydrogens is 337 g/mol. The fourth-order valence-corrected chi connectivity index (χ4v) is 2.36. The van der Waals surface area contributed by atoms with Gasteiger partial charge < -0.3 is 10.3 Å². The number of benzene rings is 2. The minimum absolute atomic E-state index is 0.200. The van der Waals surface area contributed by atoms with E-state index in [0.717, 1.165) is 0 Å². The third kappa shape index (κ3) is 2.95. The number of para-hydroxylation sites is 1. The van der Waals surface area contributed by atoms with Crippen molar-refractivity contribution in [3.8, 4) is 0 Å². The van der Waals surface area contributed by atoms with Gasteiger partial charge >= 0.3 is 0 Å². The Balaban J connectivity index is 1.87. The van der Waals surface area contributed by atoms with Gasteiger partial charge in [-0.3, -0.25) is 4.79 Å². The van der Waals surface area contributed by atoms with E-state index >= 15 is 0 Å². The largest absolute Gasteiger partial charge is 0.375 e. The highest BCUT2D eigenvalue weighted by atomic mass is 79.9. The summed E-state index contributed by atoms with van der Waals surface area (Å²) < 4.78 is 14.4. The number of aromatic amines is 1. The third-order valence-corrected chi connectivity index (χ3v) is 3.53. The smallest absolute Gasteiger partial charge is 0.258 e. The van der Waals surface area contributed by atoms with E-state index in [2.05, 4.69) is 31.2 Å². The van der Waals surface area contributed by atoms with Gasteiger partial charge in [-0.25, -0.2) is 9.37 Å². The van der Waals surface area contributed by atoms with Crippen molar-refractivity contribution in [3.63, 3.8) is 0 Å². The second-order valence-electron chi connectivity index (χ2n) is 4.51. The van der Waals surface area contributed by atoms with Gasteiger partial charge in [-0.2, -0.15) is 0 Å². The molecule has 3 rings (SSSR count). The summed E-state index contributed by atoms with van der Waals surface area (Å²) in [7, 11) is 0. The van der Waals surface area contributed by atoms with Crippen LogP contribution in [0.1, 0.15) is 5.82 Å². The molecule has 0 amide bonds. The normalized spacial score (nSPS) is 10.8. The van der Waals surface area contributed by atoms with Crippen LogP contribution < -0.4 is 10.9 Å². The molecule has 0 unspecified atom stereocenters. The number of fused-ring (bicyclic) bond motifs is 1. The van der Waals surface area contributed by atoms with Crippen molar-refractivity contribution in [2.75, 3.05) is 5.32 Å². The summed E-state index contributed by atoms with van der Waals surface area (Å²) in [6, 6.07) is 11.8. The highest BCUT2D eigenvalue weighted by molar-refractivity contribution is 9.10. The van der Waals surface area contributed by atoms with Crippen LogP contribution in [0.25, 0.3) is 10.9 Å². The number of aromatic nitrogens is 2. The van der Waals surface area contributed by atoms with Gasteiger partial charge in [-0.15, -0.1) is 0 Å². The summed E-state index contributed by atoms with van der Waals surface area (Å²) in [5.41, 5.74) is 0.775. The first-order valence-corrected chi connectivity index (χ1v) is 7.09. The molecule has 21 heavy (non-hydrogen) atoms. The van der Waals surface area contributed by atoms with Gasteiger partial charge in [0.15, 0.2) is 0 Å². The van der Waals surface area contributed by atoms with E-state index in [1.807, 2.05) is 6.07 Å². The van der Waals surface area contributed by atoms with Crippen LogP contribution >= 0.6 is 15.9 Å². The quantitative estimate of drug-likeness (QED) is 0.762. The zero-order valence-corrected chi connectivity index (χ0v) is 12.4. The summed E-state index contributed by atoms with van der Waals surface area (Å²) in [5, 5.41) is 3.46. The minimum atomic E-state index is -0.368. The molecule has 0 saturated heterocycles. The maximum absolute atomic E-state index is 13.7. The first-order chi connectivity index (χ1) is 10.1. The SMILES string of the molecule is O=c1[nH]c(CNc2ccc(Br)cc2F)nc2ccccc12. The molecule has 6 heteroatoms. The Kier molecular flexibility index (Phi) is 3.70. The maximum Gasteiger partial charge on any atom is 0.258 e. The number of H-pyrrole nitrogens is 1. The molecule has 0 aliphatic carbocycles. The van der Waals surface area contributed by atoms with Crippen molar-refractivity contribution in [3.05, 3.63) is 68.9 Å². The van der Waals surface area contributed by atoms with Gasteiger partial charge in [0.2, 0.25) is 0 Å². The van der Waals surface area contributed by atoms with Gasteiger partial charge in [-0.05, 0) is 30.3 Å². The molecule has 4 nitrogen and oxygen atoms in total. The topological polar surface area (TPSA) is 57.8 Å². The Labute approximate surface area is 128 Å². The molecule has 0 aliphatic rings. The molecule has 1 aromatic heterocycles. The average molecular weight is 348 g/mol. The van der Waals surface area contributed by atoms with E-state index in [0.29, 0.717) is 26.9 Å². The van der Waals surface area contributed by atoms with Gasteiger partial charge in [0.25, 0.3) is 5.56 Å². The monoisotopic (exact) mass is 347 g/mol.